The minimum absolute atomic E-state index is 0.0145. The summed E-state index contributed by atoms with van der Waals surface area (Å²) in [7, 11) is 1.56. The van der Waals surface area contributed by atoms with Crippen LogP contribution >= 0.6 is 0 Å². The Bertz CT molecular complexity index is 368. The molecule has 0 atom stereocenters. The molecule has 0 bridgehead atoms. The molecular weight excluding hydrogens is 235 g/mol. The van der Waals surface area contributed by atoms with E-state index in [0.717, 1.165) is 0 Å². The molecule has 0 aromatic carbocycles. The van der Waals surface area contributed by atoms with Gasteiger partial charge in [0.2, 0.25) is 0 Å². The molecule has 17 heavy (non-hydrogen) atoms. The fourth-order valence-corrected chi connectivity index (χ4v) is 1.27. The van der Waals surface area contributed by atoms with Crippen LogP contribution < -0.4 is 5.32 Å². The minimum Gasteiger partial charge on any atom is -0.374 e. The highest BCUT2D eigenvalue weighted by atomic mass is 19.4. The molecule has 7 heteroatoms. The normalized spacial score (nSPS) is 11.8. The summed E-state index contributed by atoms with van der Waals surface area (Å²) < 4.78 is 43.1. The van der Waals surface area contributed by atoms with Crippen molar-refractivity contribution in [3.63, 3.8) is 0 Å². The van der Waals surface area contributed by atoms with Crippen molar-refractivity contribution in [2.24, 2.45) is 0 Å². The number of nitrogens with zero attached hydrogens (tertiary/aromatic N) is 2. The van der Waals surface area contributed by atoms with E-state index < -0.39 is 11.9 Å². The lowest BCUT2D eigenvalue weighted by atomic mass is 10.2. The lowest BCUT2D eigenvalue weighted by molar-refractivity contribution is -0.142. The molecule has 1 N–H and O–H groups in total. The molecule has 0 amide bonds. The second-order valence-corrected chi connectivity index (χ2v) is 3.33. The van der Waals surface area contributed by atoms with E-state index in [1.54, 1.807) is 14.0 Å². The van der Waals surface area contributed by atoms with Gasteiger partial charge in [-0.2, -0.15) is 13.2 Å². The van der Waals surface area contributed by atoms with Gasteiger partial charge in [-0.05, 0) is 14.0 Å². The zero-order valence-electron chi connectivity index (χ0n) is 9.64. The summed E-state index contributed by atoms with van der Waals surface area (Å²) in [5, 5.41) is 2.65. The fourth-order valence-electron chi connectivity index (χ4n) is 1.27. The monoisotopic (exact) mass is 249 g/mol. The van der Waals surface area contributed by atoms with Gasteiger partial charge in [0.05, 0.1) is 0 Å². The summed E-state index contributed by atoms with van der Waals surface area (Å²) in [5.74, 6) is 0.0408. The van der Waals surface area contributed by atoms with Crippen LogP contribution in [0.1, 0.15) is 24.0 Å². The van der Waals surface area contributed by atoms with E-state index in [0.29, 0.717) is 6.61 Å². The molecule has 0 saturated heterocycles. The van der Waals surface area contributed by atoms with E-state index in [1.807, 2.05) is 0 Å². The number of ether oxygens (including phenoxy) is 1. The maximum atomic E-state index is 12.7. The zero-order chi connectivity index (χ0) is 12.9. The predicted octanol–water partition coefficient (Wildman–Crippen LogP) is 1.75. The standard InChI is InChI=1S/C10H14F3N3O/c1-3-17-6-8-15-5-7(4-14-2)9(16-8)10(11,12)13/h5,14H,3-4,6H2,1-2H3. The largest absolute Gasteiger partial charge is 0.433 e. The molecule has 0 aliphatic heterocycles. The van der Waals surface area contributed by atoms with Crippen LogP contribution in [0.15, 0.2) is 6.20 Å². The molecule has 0 aliphatic carbocycles. The average molecular weight is 249 g/mol. The fraction of sp³-hybridized carbons (Fsp3) is 0.600. The van der Waals surface area contributed by atoms with Crippen LogP contribution in [-0.4, -0.2) is 23.6 Å². The topological polar surface area (TPSA) is 47.0 Å². The van der Waals surface area contributed by atoms with Crippen molar-refractivity contribution >= 4 is 0 Å². The number of hydrogen-bond donors (Lipinski definition) is 1. The lowest BCUT2D eigenvalue weighted by Gasteiger charge is -2.12. The molecule has 0 unspecified atom stereocenters. The van der Waals surface area contributed by atoms with Crippen LogP contribution in [0.25, 0.3) is 0 Å². The first-order valence-electron chi connectivity index (χ1n) is 5.13. The Morgan fingerprint density at radius 3 is 2.65 bits per heavy atom. The van der Waals surface area contributed by atoms with Gasteiger partial charge >= 0.3 is 6.18 Å². The Morgan fingerprint density at radius 2 is 2.12 bits per heavy atom. The smallest absolute Gasteiger partial charge is 0.374 e. The molecule has 1 aromatic rings. The van der Waals surface area contributed by atoms with E-state index in [1.165, 1.54) is 6.20 Å². The van der Waals surface area contributed by atoms with Crippen molar-refractivity contribution in [2.75, 3.05) is 13.7 Å². The van der Waals surface area contributed by atoms with E-state index in [9.17, 15) is 13.2 Å². The summed E-state index contributed by atoms with van der Waals surface area (Å²) in [4.78, 5) is 7.33. The van der Waals surface area contributed by atoms with Gasteiger partial charge in [0.25, 0.3) is 0 Å². The number of nitrogens with one attached hydrogen (secondary N) is 1. The van der Waals surface area contributed by atoms with Crippen LogP contribution in [0.4, 0.5) is 13.2 Å². The molecule has 0 aliphatic rings. The third-order valence-corrected chi connectivity index (χ3v) is 1.99. The molecule has 96 valence electrons. The Morgan fingerprint density at radius 1 is 1.41 bits per heavy atom. The number of rotatable bonds is 5. The second-order valence-electron chi connectivity index (χ2n) is 3.33. The Hall–Kier alpha value is -1.21. The predicted molar refractivity (Wildman–Crippen MR) is 55.1 cm³/mol. The first kappa shape index (κ1) is 13.9. The third kappa shape index (κ3) is 3.94. The Labute approximate surface area is 97.2 Å². The quantitative estimate of drug-likeness (QED) is 0.863. The molecule has 0 spiro atoms. The van der Waals surface area contributed by atoms with Crippen LogP contribution in [-0.2, 0) is 24.1 Å². The van der Waals surface area contributed by atoms with E-state index in [4.69, 9.17) is 4.74 Å². The summed E-state index contributed by atoms with van der Waals surface area (Å²) >= 11 is 0. The SMILES string of the molecule is CCOCc1ncc(CNC)c(C(F)(F)F)n1. The third-order valence-electron chi connectivity index (χ3n) is 1.99. The van der Waals surface area contributed by atoms with E-state index in [-0.39, 0.29) is 24.5 Å². The first-order chi connectivity index (χ1) is 7.99. The molecule has 0 saturated carbocycles. The summed E-state index contributed by atoms with van der Waals surface area (Å²) in [6, 6.07) is 0. The first-order valence-corrected chi connectivity index (χ1v) is 5.13. The number of aromatic nitrogens is 2. The van der Waals surface area contributed by atoms with Gasteiger partial charge in [-0.3, -0.25) is 0 Å². The van der Waals surface area contributed by atoms with E-state index in [2.05, 4.69) is 15.3 Å². The van der Waals surface area contributed by atoms with Crippen molar-refractivity contribution in [3.8, 4) is 0 Å². The highest BCUT2D eigenvalue weighted by Gasteiger charge is 2.35. The summed E-state index contributed by atoms with van der Waals surface area (Å²) in [5.41, 5.74) is -0.878. The van der Waals surface area contributed by atoms with Crippen molar-refractivity contribution < 1.29 is 17.9 Å². The zero-order valence-corrected chi connectivity index (χ0v) is 9.64. The summed E-state index contributed by atoms with van der Waals surface area (Å²) in [6.07, 6.45) is -3.29. The summed E-state index contributed by atoms with van der Waals surface area (Å²) in [6.45, 7) is 2.21. The van der Waals surface area contributed by atoms with Gasteiger partial charge < -0.3 is 10.1 Å². The van der Waals surface area contributed by atoms with Gasteiger partial charge in [-0.1, -0.05) is 0 Å². The van der Waals surface area contributed by atoms with Gasteiger partial charge in [0.15, 0.2) is 11.5 Å². The Balaban J connectivity index is 3.01. The van der Waals surface area contributed by atoms with E-state index >= 15 is 0 Å². The number of halogens is 3. The number of hydrogen-bond acceptors (Lipinski definition) is 4. The van der Waals surface area contributed by atoms with Gasteiger partial charge in [0, 0.05) is 24.9 Å². The lowest BCUT2D eigenvalue weighted by Crippen LogP contribution is -2.18. The van der Waals surface area contributed by atoms with Crippen molar-refractivity contribution in [3.05, 3.63) is 23.3 Å². The molecule has 4 nitrogen and oxygen atoms in total. The average Bonchev–Trinajstić information content (AvgIpc) is 2.26. The van der Waals surface area contributed by atoms with Gasteiger partial charge in [-0.15, -0.1) is 0 Å². The van der Waals surface area contributed by atoms with Crippen LogP contribution in [0.2, 0.25) is 0 Å². The maximum Gasteiger partial charge on any atom is 0.433 e. The minimum atomic E-state index is -4.48. The van der Waals surface area contributed by atoms with Crippen LogP contribution in [0.5, 0.6) is 0 Å². The molecule has 0 radical (unpaired) electrons. The molecule has 0 fully saturated rings. The van der Waals surface area contributed by atoms with Crippen LogP contribution in [0.3, 0.4) is 0 Å². The van der Waals surface area contributed by atoms with Crippen LogP contribution in [0, 0.1) is 0 Å². The molecular formula is C10H14F3N3O. The second kappa shape index (κ2) is 5.92. The molecule has 1 heterocycles. The molecule has 1 aromatic heterocycles. The van der Waals surface area contributed by atoms with Crippen molar-refractivity contribution in [1.82, 2.24) is 15.3 Å². The van der Waals surface area contributed by atoms with Crippen molar-refractivity contribution in [1.29, 1.82) is 0 Å². The van der Waals surface area contributed by atoms with Gasteiger partial charge in [0.1, 0.15) is 6.61 Å². The van der Waals surface area contributed by atoms with Gasteiger partial charge in [-0.25, -0.2) is 9.97 Å². The number of alkyl halides is 3. The highest BCUT2D eigenvalue weighted by molar-refractivity contribution is 5.20. The molecule has 1 rings (SSSR count). The maximum absolute atomic E-state index is 12.7. The van der Waals surface area contributed by atoms with Crippen molar-refractivity contribution in [2.45, 2.75) is 26.3 Å². The highest BCUT2D eigenvalue weighted by Crippen LogP contribution is 2.30. The Kier molecular flexibility index (Phi) is 4.83.